The molecule has 0 aromatic carbocycles. The van der Waals surface area contributed by atoms with Crippen molar-refractivity contribution in [1.82, 2.24) is 0 Å². The summed E-state index contributed by atoms with van der Waals surface area (Å²) in [6.07, 6.45) is 11.3. The van der Waals surface area contributed by atoms with E-state index in [4.69, 9.17) is 11.6 Å². The summed E-state index contributed by atoms with van der Waals surface area (Å²) < 4.78 is 0. The van der Waals surface area contributed by atoms with E-state index in [1.54, 1.807) is 0 Å². The Labute approximate surface area is 80.7 Å². The topological polar surface area (TPSA) is 0 Å². The first kappa shape index (κ1) is 8.87. The lowest BCUT2D eigenvalue weighted by atomic mass is 9.73. The quantitative estimate of drug-likeness (QED) is 0.430. The maximum absolute atomic E-state index is 6.39. The van der Waals surface area contributed by atoms with E-state index in [1.165, 1.54) is 51.4 Å². The van der Waals surface area contributed by atoms with Gasteiger partial charge in [0.1, 0.15) is 0 Å². The molecule has 2 rings (SSSR count). The van der Waals surface area contributed by atoms with Gasteiger partial charge >= 0.3 is 0 Å². The van der Waals surface area contributed by atoms with E-state index in [-0.39, 0.29) is 0 Å². The third kappa shape index (κ3) is 1.79. The van der Waals surface area contributed by atoms with E-state index in [1.807, 2.05) is 0 Å². The molecule has 0 heterocycles. The van der Waals surface area contributed by atoms with Crippen molar-refractivity contribution in [2.45, 2.75) is 56.7 Å². The van der Waals surface area contributed by atoms with E-state index in [2.05, 4.69) is 0 Å². The molecule has 0 aromatic rings. The second-order valence-corrected chi connectivity index (χ2v) is 5.07. The van der Waals surface area contributed by atoms with Crippen molar-refractivity contribution in [3.05, 3.63) is 0 Å². The van der Waals surface area contributed by atoms with Crippen molar-refractivity contribution in [2.24, 2.45) is 11.8 Å². The van der Waals surface area contributed by atoms with Crippen LogP contribution in [0.15, 0.2) is 0 Å². The molecule has 2 aliphatic carbocycles. The van der Waals surface area contributed by atoms with Gasteiger partial charge < -0.3 is 0 Å². The Morgan fingerprint density at radius 1 is 0.750 bits per heavy atom. The van der Waals surface area contributed by atoms with Crippen molar-refractivity contribution in [2.75, 3.05) is 0 Å². The van der Waals surface area contributed by atoms with Gasteiger partial charge in [0.2, 0.25) is 0 Å². The first-order valence-corrected chi connectivity index (χ1v) is 5.95. The van der Waals surface area contributed by atoms with Gasteiger partial charge in [0.15, 0.2) is 0 Å². The molecule has 2 unspecified atom stereocenters. The minimum absolute atomic E-state index is 0.512. The average Bonchev–Trinajstić information content (AvgIpc) is 2.13. The van der Waals surface area contributed by atoms with Crippen LogP contribution in [-0.2, 0) is 0 Å². The largest absolute Gasteiger partial charge is 0.123 e. The molecule has 12 heavy (non-hydrogen) atoms. The number of rotatable bonds is 1. The standard InChI is InChI=1S/C11H19Cl/c12-11-8-3-1-2-7-10(11)9-5-4-6-9/h9-11H,1-8H2. The normalized spacial score (nSPS) is 38.8. The molecule has 70 valence electrons. The number of hydrogen-bond acceptors (Lipinski definition) is 0. The monoisotopic (exact) mass is 186 g/mol. The molecule has 0 aromatic heterocycles. The highest BCUT2D eigenvalue weighted by Crippen LogP contribution is 2.42. The van der Waals surface area contributed by atoms with Crippen LogP contribution in [0.2, 0.25) is 0 Å². The zero-order valence-electron chi connectivity index (χ0n) is 7.77. The molecule has 0 spiro atoms. The van der Waals surface area contributed by atoms with Gasteiger partial charge in [-0.3, -0.25) is 0 Å². The minimum Gasteiger partial charge on any atom is -0.123 e. The summed E-state index contributed by atoms with van der Waals surface area (Å²) in [5.74, 6) is 1.88. The molecule has 0 radical (unpaired) electrons. The Kier molecular flexibility index (Phi) is 2.96. The zero-order valence-corrected chi connectivity index (χ0v) is 8.52. The summed E-state index contributed by atoms with van der Waals surface area (Å²) in [5.41, 5.74) is 0. The van der Waals surface area contributed by atoms with Gasteiger partial charge in [0, 0.05) is 5.38 Å². The van der Waals surface area contributed by atoms with Crippen molar-refractivity contribution in [3.8, 4) is 0 Å². The van der Waals surface area contributed by atoms with Crippen molar-refractivity contribution in [1.29, 1.82) is 0 Å². The zero-order chi connectivity index (χ0) is 8.39. The Balaban J connectivity index is 1.90. The van der Waals surface area contributed by atoms with Crippen LogP contribution < -0.4 is 0 Å². The molecule has 2 saturated carbocycles. The molecule has 1 heteroatoms. The van der Waals surface area contributed by atoms with Gasteiger partial charge in [-0.1, -0.05) is 38.5 Å². The molecular weight excluding hydrogens is 168 g/mol. The highest BCUT2D eigenvalue weighted by molar-refractivity contribution is 6.20. The lowest BCUT2D eigenvalue weighted by molar-refractivity contribution is 0.191. The Hall–Kier alpha value is 0.290. The summed E-state index contributed by atoms with van der Waals surface area (Å²) in [4.78, 5) is 0. The van der Waals surface area contributed by atoms with Crippen LogP contribution in [0.4, 0.5) is 0 Å². The van der Waals surface area contributed by atoms with Crippen LogP contribution in [0, 0.1) is 11.8 Å². The van der Waals surface area contributed by atoms with Crippen molar-refractivity contribution in [3.63, 3.8) is 0 Å². The van der Waals surface area contributed by atoms with Crippen LogP contribution in [-0.4, -0.2) is 5.38 Å². The SMILES string of the molecule is ClC1CCCCCC1C1CCC1. The van der Waals surface area contributed by atoms with E-state index in [0.29, 0.717) is 5.38 Å². The Morgan fingerprint density at radius 2 is 1.50 bits per heavy atom. The highest BCUT2D eigenvalue weighted by Gasteiger charge is 2.32. The van der Waals surface area contributed by atoms with Gasteiger partial charge in [-0.05, 0) is 24.7 Å². The Bertz CT molecular complexity index is 140. The fraction of sp³-hybridized carbons (Fsp3) is 1.00. The van der Waals surface area contributed by atoms with Crippen LogP contribution >= 0.6 is 11.6 Å². The second-order valence-electron chi connectivity index (χ2n) is 4.51. The third-order valence-corrected chi connectivity index (χ3v) is 4.28. The first-order chi connectivity index (χ1) is 5.88. The summed E-state index contributed by atoms with van der Waals surface area (Å²) in [6.45, 7) is 0. The van der Waals surface area contributed by atoms with E-state index in [9.17, 15) is 0 Å². The molecular formula is C11H19Cl. The lowest BCUT2D eigenvalue weighted by Crippen LogP contribution is -2.28. The van der Waals surface area contributed by atoms with Gasteiger partial charge in [-0.2, -0.15) is 0 Å². The average molecular weight is 187 g/mol. The smallest absolute Gasteiger partial charge is 0.0366 e. The second kappa shape index (κ2) is 4.00. The van der Waals surface area contributed by atoms with Crippen LogP contribution in [0.1, 0.15) is 51.4 Å². The lowest BCUT2D eigenvalue weighted by Gasteiger charge is -2.35. The molecule has 0 bridgehead atoms. The maximum atomic E-state index is 6.39. The fourth-order valence-electron chi connectivity index (χ4n) is 2.69. The molecule has 0 aliphatic heterocycles. The molecule has 0 saturated heterocycles. The molecule has 0 amide bonds. The van der Waals surface area contributed by atoms with Gasteiger partial charge in [-0.25, -0.2) is 0 Å². The summed E-state index contributed by atoms with van der Waals surface area (Å²) >= 11 is 6.39. The van der Waals surface area contributed by atoms with E-state index in [0.717, 1.165) is 11.8 Å². The van der Waals surface area contributed by atoms with Gasteiger partial charge in [-0.15, -0.1) is 11.6 Å². The maximum Gasteiger partial charge on any atom is 0.0366 e. The number of halogens is 1. The first-order valence-electron chi connectivity index (χ1n) is 5.52. The highest BCUT2D eigenvalue weighted by atomic mass is 35.5. The molecule has 2 fully saturated rings. The van der Waals surface area contributed by atoms with Gasteiger partial charge in [0.25, 0.3) is 0 Å². The van der Waals surface area contributed by atoms with E-state index >= 15 is 0 Å². The van der Waals surface area contributed by atoms with E-state index < -0.39 is 0 Å². The Morgan fingerprint density at radius 3 is 2.17 bits per heavy atom. The van der Waals surface area contributed by atoms with Crippen LogP contribution in [0.3, 0.4) is 0 Å². The molecule has 0 N–H and O–H groups in total. The minimum atomic E-state index is 0.512. The van der Waals surface area contributed by atoms with Crippen molar-refractivity contribution < 1.29 is 0 Å². The summed E-state index contributed by atoms with van der Waals surface area (Å²) in [7, 11) is 0. The van der Waals surface area contributed by atoms with Gasteiger partial charge in [0.05, 0.1) is 0 Å². The van der Waals surface area contributed by atoms with Crippen molar-refractivity contribution >= 4 is 11.6 Å². The molecule has 0 nitrogen and oxygen atoms in total. The predicted octanol–water partition coefficient (Wildman–Crippen LogP) is 3.97. The van der Waals surface area contributed by atoms with Crippen LogP contribution in [0.5, 0.6) is 0 Å². The fourth-order valence-corrected chi connectivity index (χ4v) is 3.18. The summed E-state index contributed by atoms with van der Waals surface area (Å²) in [5, 5.41) is 0.512. The van der Waals surface area contributed by atoms with Crippen LogP contribution in [0.25, 0.3) is 0 Å². The number of alkyl halides is 1. The number of hydrogen-bond donors (Lipinski definition) is 0. The third-order valence-electron chi connectivity index (χ3n) is 3.74. The molecule has 2 aliphatic rings. The molecule has 2 atom stereocenters. The summed E-state index contributed by atoms with van der Waals surface area (Å²) in [6, 6.07) is 0. The predicted molar refractivity (Wildman–Crippen MR) is 53.6 cm³/mol.